The Hall–Kier alpha value is -2.74. The summed E-state index contributed by atoms with van der Waals surface area (Å²) < 4.78 is 21.0. The van der Waals surface area contributed by atoms with Gasteiger partial charge in [0.15, 0.2) is 11.0 Å². The van der Waals surface area contributed by atoms with Crippen molar-refractivity contribution in [1.29, 1.82) is 5.26 Å². The molecule has 154 valence electrons. The molecule has 7 nitrogen and oxygen atoms in total. The first-order valence-electron chi connectivity index (χ1n) is 9.35. The van der Waals surface area contributed by atoms with Gasteiger partial charge in [-0.15, -0.1) is 21.5 Å². The quantitative estimate of drug-likeness (QED) is 0.556. The average Bonchev–Trinajstić information content (AvgIpc) is 3.49. The molecule has 1 aromatic carbocycles. The Morgan fingerprint density at radius 1 is 1.37 bits per heavy atom. The number of aromatic nitrogens is 3. The zero-order valence-corrected chi connectivity index (χ0v) is 17.5. The van der Waals surface area contributed by atoms with Gasteiger partial charge in [-0.1, -0.05) is 11.8 Å². The van der Waals surface area contributed by atoms with Crippen molar-refractivity contribution >= 4 is 34.0 Å². The fourth-order valence-corrected chi connectivity index (χ4v) is 4.65. The molecule has 2 aromatic heterocycles. The molecule has 30 heavy (non-hydrogen) atoms. The van der Waals surface area contributed by atoms with Crippen LogP contribution in [0.2, 0.25) is 0 Å². The van der Waals surface area contributed by atoms with Crippen molar-refractivity contribution < 1.29 is 13.9 Å². The molecule has 0 bridgehead atoms. The Morgan fingerprint density at radius 3 is 2.93 bits per heavy atom. The fourth-order valence-electron chi connectivity index (χ4n) is 3.15. The molecule has 10 heteroatoms. The number of rotatable bonds is 7. The minimum absolute atomic E-state index is 0.0534. The van der Waals surface area contributed by atoms with Gasteiger partial charge in [-0.3, -0.25) is 9.36 Å². The molecule has 3 aromatic rings. The standard InChI is InChI=1S/C20H18FN5O2S2/c21-15-5-3-13(4-6-15)18-24-25-20(26(18)11-16-2-1-8-28-16)30-12-17(27)23-19-14(10-22)7-9-29-19/h3-7,9,16H,1-2,8,11-12H2,(H,23,27). The smallest absolute Gasteiger partial charge is 0.235 e. The van der Waals surface area contributed by atoms with E-state index in [1.165, 1.54) is 35.2 Å². The number of carbonyl (C=O) groups excluding carboxylic acids is 1. The maximum atomic E-state index is 13.3. The van der Waals surface area contributed by atoms with Crippen LogP contribution in [0.1, 0.15) is 18.4 Å². The average molecular weight is 444 g/mol. The lowest BCUT2D eigenvalue weighted by molar-refractivity contribution is -0.113. The normalized spacial score (nSPS) is 15.8. The van der Waals surface area contributed by atoms with E-state index in [0.717, 1.165) is 25.0 Å². The first-order valence-corrected chi connectivity index (χ1v) is 11.2. The van der Waals surface area contributed by atoms with Gasteiger partial charge >= 0.3 is 0 Å². The van der Waals surface area contributed by atoms with Crippen LogP contribution in [0.15, 0.2) is 40.9 Å². The molecule has 1 amide bonds. The van der Waals surface area contributed by atoms with E-state index in [-0.39, 0.29) is 23.6 Å². The third-order valence-electron chi connectivity index (χ3n) is 4.60. The summed E-state index contributed by atoms with van der Waals surface area (Å²) in [6.45, 7) is 1.29. The molecule has 1 N–H and O–H groups in total. The minimum atomic E-state index is -0.319. The molecule has 1 fully saturated rings. The number of hydrogen-bond acceptors (Lipinski definition) is 7. The number of nitrogens with one attached hydrogen (secondary N) is 1. The molecule has 1 aliphatic rings. The zero-order valence-electron chi connectivity index (χ0n) is 15.9. The lowest BCUT2D eigenvalue weighted by Gasteiger charge is -2.14. The summed E-state index contributed by atoms with van der Waals surface area (Å²) in [6, 6.07) is 9.80. The topological polar surface area (TPSA) is 92.8 Å². The van der Waals surface area contributed by atoms with Gasteiger partial charge in [0.25, 0.3) is 0 Å². The summed E-state index contributed by atoms with van der Waals surface area (Å²) in [6.07, 6.45) is 2.00. The van der Waals surface area contributed by atoms with Crippen LogP contribution < -0.4 is 5.32 Å². The number of anilines is 1. The SMILES string of the molecule is N#Cc1ccsc1NC(=O)CSc1nnc(-c2ccc(F)cc2)n1CC1CCCO1. The first-order chi connectivity index (χ1) is 14.6. The molecule has 0 saturated carbocycles. The summed E-state index contributed by atoms with van der Waals surface area (Å²) in [4.78, 5) is 12.4. The molecule has 4 rings (SSSR count). The van der Waals surface area contributed by atoms with Crippen molar-refractivity contribution in [3.8, 4) is 17.5 Å². The number of hydrogen-bond donors (Lipinski definition) is 1. The lowest BCUT2D eigenvalue weighted by atomic mass is 10.2. The molecule has 0 radical (unpaired) electrons. The monoisotopic (exact) mass is 443 g/mol. The van der Waals surface area contributed by atoms with Gasteiger partial charge in [-0.25, -0.2) is 4.39 Å². The Balaban J connectivity index is 1.51. The summed E-state index contributed by atoms with van der Waals surface area (Å²) >= 11 is 2.57. The zero-order chi connectivity index (χ0) is 20.9. The molecule has 0 aliphatic carbocycles. The number of nitriles is 1. The van der Waals surface area contributed by atoms with Crippen LogP contribution in [0.3, 0.4) is 0 Å². The number of ether oxygens (including phenoxy) is 1. The van der Waals surface area contributed by atoms with Gasteiger partial charge < -0.3 is 10.1 Å². The Labute approximate surface area is 180 Å². The van der Waals surface area contributed by atoms with E-state index in [1.807, 2.05) is 4.57 Å². The lowest BCUT2D eigenvalue weighted by Crippen LogP contribution is -2.18. The summed E-state index contributed by atoms with van der Waals surface area (Å²) in [5, 5.41) is 23.3. The second-order valence-corrected chi connectivity index (χ2v) is 8.53. The first kappa shape index (κ1) is 20.5. The third-order valence-corrected chi connectivity index (χ3v) is 6.40. The van der Waals surface area contributed by atoms with Crippen LogP contribution in [0.4, 0.5) is 9.39 Å². The number of amides is 1. The minimum Gasteiger partial charge on any atom is -0.376 e. The van der Waals surface area contributed by atoms with Gasteiger partial charge in [0.2, 0.25) is 5.91 Å². The molecule has 3 heterocycles. The van der Waals surface area contributed by atoms with Crippen LogP contribution in [0.25, 0.3) is 11.4 Å². The van der Waals surface area contributed by atoms with Crippen LogP contribution in [0.5, 0.6) is 0 Å². The van der Waals surface area contributed by atoms with Crippen molar-refractivity contribution in [2.24, 2.45) is 0 Å². The van der Waals surface area contributed by atoms with Crippen LogP contribution in [0, 0.1) is 17.1 Å². The maximum absolute atomic E-state index is 13.3. The fraction of sp³-hybridized carbons (Fsp3) is 0.300. The summed E-state index contributed by atoms with van der Waals surface area (Å²) in [5.74, 6) is 0.184. The highest BCUT2D eigenvalue weighted by molar-refractivity contribution is 7.99. The van der Waals surface area contributed by atoms with Crippen molar-refractivity contribution in [1.82, 2.24) is 14.8 Å². The molecule has 1 unspecified atom stereocenters. The predicted molar refractivity (Wildman–Crippen MR) is 113 cm³/mol. The molecular formula is C20H18FN5O2S2. The van der Waals surface area contributed by atoms with Gasteiger partial charge in [0.1, 0.15) is 16.9 Å². The van der Waals surface area contributed by atoms with Crippen LogP contribution in [-0.4, -0.2) is 39.1 Å². The van der Waals surface area contributed by atoms with Gasteiger partial charge in [-0.05, 0) is 48.6 Å². The molecular weight excluding hydrogens is 425 g/mol. The predicted octanol–water partition coefficient (Wildman–Crippen LogP) is 3.93. The largest absolute Gasteiger partial charge is 0.376 e. The van der Waals surface area contributed by atoms with E-state index < -0.39 is 0 Å². The van der Waals surface area contributed by atoms with Crippen molar-refractivity contribution in [3.63, 3.8) is 0 Å². The second kappa shape index (κ2) is 9.38. The van der Waals surface area contributed by atoms with Gasteiger partial charge in [-0.2, -0.15) is 5.26 Å². The number of thioether (sulfide) groups is 1. The highest BCUT2D eigenvalue weighted by Gasteiger charge is 2.22. The molecule has 1 saturated heterocycles. The van der Waals surface area contributed by atoms with Crippen molar-refractivity contribution in [2.45, 2.75) is 30.6 Å². The van der Waals surface area contributed by atoms with Crippen LogP contribution >= 0.6 is 23.1 Å². The van der Waals surface area contributed by atoms with E-state index in [9.17, 15) is 9.18 Å². The Bertz CT molecular complexity index is 1070. The van der Waals surface area contributed by atoms with E-state index in [2.05, 4.69) is 21.6 Å². The highest BCUT2D eigenvalue weighted by atomic mass is 32.2. The third kappa shape index (κ3) is 4.70. The number of thiophene rings is 1. The number of nitrogens with zero attached hydrogens (tertiary/aromatic N) is 4. The van der Waals surface area contributed by atoms with E-state index in [4.69, 9.17) is 10.00 Å². The van der Waals surface area contributed by atoms with Gasteiger partial charge in [0.05, 0.1) is 24.0 Å². The molecule has 1 aliphatic heterocycles. The van der Waals surface area contributed by atoms with Crippen LogP contribution in [-0.2, 0) is 16.1 Å². The Kier molecular flexibility index (Phi) is 6.42. The Morgan fingerprint density at radius 2 is 2.20 bits per heavy atom. The number of benzene rings is 1. The summed E-state index contributed by atoms with van der Waals surface area (Å²) in [7, 11) is 0. The summed E-state index contributed by atoms with van der Waals surface area (Å²) in [5.41, 5.74) is 1.19. The second-order valence-electron chi connectivity index (χ2n) is 6.67. The van der Waals surface area contributed by atoms with Crippen molar-refractivity contribution in [3.05, 3.63) is 47.1 Å². The number of halogens is 1. The van der Waals surface area contributed by atoms with E-state index in [0.29, 0.717) is 28.1 Å². The molecule has 0 spiro atoms. The molecule has 1 atom stereocenters. The number of carbonyl (C=O) groups is 1. The highest BCUT2D eigenvalue weighted by Crippen LogP contribution is 2.27. The van der Waals surface area contributed by atoms with E-state index in [1.54, 1.807) is 23.6 Å². The van der Waals surface area contributed by atoms with E-state index >= 15 is 0 Å². The van der Waals surface area contributed by atoms with Crippen molar-refractivity contribution in [2.75, 3.05) is 17.7 Å². The van der Waals surface area contributed by atoms with Gasteiger partial charge in [0, 0.05) is 12.2 Å². The maximum Gasteiger partial charge on any atom is 0.235 e.